The van der Waals surface area contributed by atoms with E-state index < -0.39 is 17.7 Å². The first-order valence-electron chi connectivity index (χ1n) is 7.81. The number of likely N-dealkylation sites (N-methyl/N-ethyl adjacent to an activating group) is 1. The first kappa shape index (κ1) is 19.5. The van der Waals surface area contributed by atoms with Gasteiger partial charge < -0.3 is 15.4 Å². The van der Waals surface area contributed by atoms with E-state index in [-0.39, 0.29) is 11.8 Å². The van der Waals surface area contributed by atoms with Crippen molar-refractivity contribution in [2.75, 3.05) is 11.9 Å². The van der Waals surface area contributed by atoms with Gasteiger partial charge in [-0.3, -0.25) is 14.9 Å². The van der Waals surface area contributed by atoms with Gasteiger partial charge in [0.1, 0.15) is 11.6 Å². The number of nitrogens with one attached hydrogen (secondary N) is 3. The molecule has 0 heterocycles. The standard InChI is InChI=1S/C17H25N3O4/c1-6-18-14(21)11(2)19-15(22)12-7-9-13(10-8-12)20-16(23)24-17(3,4)5/h7-11H,6H2,1-5H3,(H,18,21)(H,19,22)(H,20,23)/t11-/m0/s1. The molecule has 0 aliphatic heterocycles. The van der Waals surface area contributed by atoms with E-state index in [1.54, 1.807) is 52.0 Å². The fraction of sp³-hybridized carbons (Fsp3) is 0.471. The number of hydrogen-bond acceptors (Lipinski definition) is 4. The van der Waals surface area contributed by atoms with Crippen LogP contribution in [0.2, 0.25) is 0 Å². The highest BCUT2D eigenvalue weighted by Crippen LogP contribution is 2.13. The number of benzene rings is 1. The van der Waals surface area contributed by atoms with Gasteiger partial charge in [-0.15, -0.1) is 0 Å². The van der Waals surface area contributed by atoms with Crippen LogP contribution in [-0.2, 0) is 9.53 Å². The smallest absolute Gasteiger partial charge is 0.412 e. The van der Waals surface area contributed by atoms with Crippen molar-refractivity contribution in [1.29, 1.82) is 0 Å². The molecule has 0 saturated carbocycles. The molecule has 1 atom stereocenters. The van der Waals surface area contributed by atoms with E-state index in [9.17, 15) is 14.4 Å². The Morgan fingerprint density at radius 3 is 2.21 bits per heavy atom. The highest BCUT2D eigenvalue weighted by Gasteiger charge is 2.17. The second-order valence-electron chi connectivity index (χ2n) is 6.29. The quantitative estimate of drug-likeness (QED) is 0.769. The van der Waals surface area contributed by atoms with E-state index in [0.717, 1.165) is 0 Å². The minimum Gasteiger partial charge on any atom is -0.444 e. The van der Waals surface area contributed by atoms with Crippen molar-refractivity contribution in [1.82, 2.24) is 10.6 Å². The monoisotopic (exact) mass is 335 g/mol. The Balaban J connectivity index is 2.62. The van der Waals surface area contributed by atoms with Gasteiger partial charge in [0, 0.05) is 17.8 Å². The Morgan fingerprint density at radius 2 is 1.71 bits per heavy atom. The third kappa shape index (κ3) is 6.68. The van der Waals surface area contributed by atoms with E-state index in [1.807, 2.05) is 6.92 Å². The Bertz CT molecular complexity index is 591. The number of hydrogen-bond donors (Lipinski definition) is 3. The molecule has 1 aromatic carbocycles. The lowest BCUT2D eigenvalue weighted by Gasteiger charge is -2.19. The van der Waals surface area contributed by atoms with Crippen molar-refractivity contribution in [2.24, 2.45) is 0 Å². The zero-order chi connectivity index (χ0) is 18.3. The Morgan fingerprint density at radius 1 is 1.12 bits per heavy atom. The lowest BCUT2D eigenvalue weighted by atomic mass is 10.1. The molecule has 0 radical (unpaired) electrons. The number of rotatable bonds is 5. The summed E-state index contributed by atoms with van der Waals surface area (Å²) in [7, 11) is 0. The molecule has 3 amide bonds. The molecule has 1 aromatic rings. The topological polar surface area (TPSA) is 96.5 Å². The highest BCUT2D eigenvalue weighted by atomic mass is 16.6. The van der Waals surface area contributed by atoms with Crippen LogP contribution in [0.3, 0.4) is 0 Å². The van der Waals surface area contributed by atoms with Crippen molar-refractivity contribution < 1.29 is 19.1 Å². The summed E-state index contributed by atoms with van der Waals surface area (Å²) in [6, 6.07) is 5.68. The second kappa shape index (κ2) is 8.33. The summed E-state index contributed by atoms with van der Waals surface area (Å²) in [5.41, 5.74) is 0.317. The van der Waals surface area contributed by atoms with Crippen LogP contribution in [0.5, 0.6) is 0 Å². The molecule has 132 valence electrons. The minimum atomic E-state index is -0.628. The highest BCUT2D eigenvalue weighted by molar-refractivity contribution is 5.98. The molecular weight excluding hydrogens is 310 g/mol. The number of carbonyl (C=O) groups is 3. The zero-order valence-corrected chi connectivity index (χ0v) is 14.7. The maximum Gasteiger partial charge on any atom is 0.412 e. The van der Waals surface area contributed by atoms with Crippen LogP contribution in [0.4, 0.5) is 10.5 Å². The normalized spacial score (nSPS) is 12.0. The average Bonchev–Trinajstić information content (AvgIpc) is 2.46. The van der Waals surface area contributed by atoms with Crippen LogP contribution in [-0.4, -0.2) is 36.1 Å². The fourth-order valence-electron chi connectivity index (χ4n) is 1.80. The zero-order valence-electron chi connectivity index (χ0n) is 14.7. The molecular formula is C17H25N3O4. The molecule has 0 saturated heterocycles. The molecule has 3 N–H and O–H groups in total. The van der Waals surface area contributed by atoms with Crippen molar-refractivity contribution >= 4 is 23.6 Å². The average molecular weight is 335 g/mol. The van der Waals surface area contributed by atoms with Crippen LogP contribution < -0.4 is 16.0 Å². The summed E-state index contributed by atoms with van der Waals surface area (Å²) < 4.78 is 5.15. The van der Waals surface area contributed by atoms with E-state index in [4.69, 9.17) is 4.74 Å². The molecule has 0 bridgehead atoms. The van der Waals surface area contributed by atoms with Crippen LogP contribution in [0.25, 0.3) is 0 Å². The maximum absolute atomic E-state index is 12.1. The van der Waals surface area contributed by atoms with Gasteiger partial charge in [-0.2, -0.15) is 0 Å². The van der Waals surface area contributed by atoms with Gasteiger partial charge in [0.15, 0.2) is 0 Å². The summed E-state index contributed by atoms with van der Waals surface area (Å²) in [4.78, 5) is 35.4. The van der Waals surface area contributed by atoms with Gasteiger partial charge in [-0.1, -0.05) is 0 Å². The first-order chi connectivity index (χ1) is 11.1. The van der Waals surface area contributed by atoms with Crippen molar-refractivity contribution in [3.63, 3.8) is 0 Å². The molecule has 24 heavy (non-hydrogen) atoms. The molecule has 0 spiro atoms. The van der Waals surface area contributed by atoms with E-state index in [1.165, 1.54) is 0 Å². The number of anilines is 1. The van der Waals surface area contributed by atoms with Gasteiger partial charge in [-0.05, 0) is 58.9 Å². The van der Waals surface area contributed by atoms with E-state index in [0.29, 0.717) is 17.8 Å². The van der Waals surface area contributed by atoms with Gasteiger partial charge in [0.2, 0.25) is 5.91 Å². The molecule has 1 rings (SSSR count). The summed E-state index contributed by atoms with van der Waals surface area (Å²) in [6.07, 6.45) is -0.565. The third-order valence-corrected chi connectivity index (χ3v) is 2.88. The summed E-state index contributed by atoms with van der Waals surface area (Å²) >= 11 is 0. The lowest BCUT2D eigenvalue weighted by molar-refractivity contribution is -0.122. The van der Waals surface area contributed by atoms with E-state index in [2.05, 4.69) is 16.0 Å². The van der Waals surface area contributed by atoms with Gasteiger partial charge in [0.25, 0.3) is 5.91 Å². The Labute approximate surface area is 142 Å². The molecule has 7 nitrogen and oxygen atoms in total. The third-order valence-electron chi connectivity index (χ3n) is 2.88. The van der Waals surface area contributed by atoms with Gasteiger partial charge >= 0.3 is 6.09 Å². The summed E-state index contributed by atoms with van der Waals surface area (Å²) in [5.74, 6) is -0.605. The van der Waals surface area contributed by atoms with Crippen LogP contribution in [0.15, 0.2) is 24.3 Å². The molecule has 0 unspecified atom stereocenters. The largest absolute Gasteiger partial charge is 0.444 e. The van der Waals surface area contributed by atoms with Gasteiger partial charge in [0.05, 0.1) is 0 Å². The molecule has 0 aliphatic carbocycles. The first-order valence-corrected chi connectivity index (χ1v) is 7.81. The maximum atomic E-state index is 12.1. The Hall–Kier alpha value is -2.57. The predicted molar refractivity (Wildman–Crippen MR) is 91.9 cm³/mol. The molecule has 7 heteroatoms. The minimum absolute atomic E-state index is 0.242. The van der Waals surface area contributed by atoms with Crippen molar-refractivity contribution in [3.8, 4) is 0 Å². The predicted octanol–water partition coefficient (Wildman–Crippen LogP) is 2.29. The Kier molecular flexibility index (Phi) is 6.76. The fourth-order valence-corrected chi connectivity index (χ4v) is 1.80. The molecule has 0 aliphatic rings. The summed E-state index contributed by atoms with van der Waals surface area (Å²) in [6.45, 7) is 9.25. The summed E-state index contributed by atoms with van der Waals surface area (Å²) in [5, 5.41) is 7.83. The van der Waals surface area contributed by atoms with Crippen LogP contribution >= 0.6 is 0 Å². The molecule has 0 fully saturated rings. The van der Waals surface area contributed by atoms with Crippen molar-refractivity contribution in [2.45, 2.75) is 46.3 Å². The van der Waals surface area contributed by atoms with Crippen LogP contribution in [0, 0.1) is 0 Å². The SMILES string of the molecule is CCNC(=O)[C@H](C)NC(=O)c1ccc(NC(=O)OC(C)(C)C)cc1. The second-order valence-corrected chi connectivity index (χ2v) is 6.29. The number of amides is 3. The van der Waals surface area contributed by atoms with Crippen molar-refractivity contribution in [3.05, 3.63) is 29.8 Å². The number of ether oxygens (including phenoxy) is 1. The number of carbonyl (C=O) groups excluding carboxylic acids is 3. The van der Waals surface area contributed by atoms with Crippen LogP contribution in [0.1, 0.15) is 45.0 Å². The molecule has 0 aromatic heterocycles. The lowest BCUT2D eigenvalue weighted by Crippen LogP contribution is -2.44. The van der Waals surface area contributed by atoms with Gasteiger partial charge in [-0.25, -0.2) is 4.79 Å². The van der Waals surface area contributed by atoms with E-state index >= 15 is 0 Å².